The number of halogens is 6. The third-order valence-corrected chi connectivity index (χ3v) is 4.45. The van der Waals surface area contributed by atoms with E-state index in [4.69, 9.17) is 14.3 Å². The zero-order valence-electron chi connectivity index (χ0n) is 17.5. The van der Waals surface area contributed by atoms with Gasteiger partial charge in [0.1, 0.15) is 6.10 Å². The average molecular weight is 482 g/mol. The van der Waals surface area contributed by atoms with Crippen molar-refractivity contribution in [2.45, 2.75) is 51.2 Å². The summed E-state index contributed by atoms with van der Waals surface area (Å²) in [4.78, 5) is 20.9. The molecule has 1 fully saturated rings. The standard InChI is InChI=1S/C19H20F6N4O4/c1-11(2)31-17(30)29-10-14(16(27-29)19(23,24)25)32-13-5-7-28(8-6-13)33-15-4-3-12(9-26-15)18(20,21)22/h3-4,9-11,13H,5-8H2,1-2H3. The minimum atomic E-state index is -4.85. The van der Waals surface area contributed by atoms with Gasteiger partial charge in [0.15, 0.2) is 5.75 Å². The first-order chi connectivity index (χ1) is 15.3. The summed E-state index contributed by atoms with van der Waals surface area (Å²) in [5, 5.41) is 4.68. The van der Waals surface area contributed by atoms with Crippen LogP contribution in [0.3, 0.4) is 0 Å². The number of carbonyl (C=O) groups is 1. The van der Waals surface area contributed by atoms with Crippen molar-refractivity contribution in [3.63, 3.8) is 0 Å². The van der Waals surface area contributed by atoms with Crippen LogP contribution in [0.2, 0.25) is 0 Å². The largest absolute Gasteiger partial charge is 0.486 e. The highest BCUT2D eigenvalue weighted by atomic mass is 19.4. The van der Waals surface area contributed by atoms with Gasteiger partial charge in [-0.2, -0.15) is 36.1 Å². The molecule has 0 saturated carbocycles. The summed E-state index contributed by atoms with van der Waals surface area (Å²) in [7, 11) is 0. The second kappa shape index (κ2) is 9.45. The minimum absolute atomic E-state index is 0.0494. The van der Waals surface area contributed by atoms with E-state index in [1.165, 1.54) is 5.06 Å². The molecule has 14 heteroatoms. The molecule has 0 atom stereocenters. The Labute approximate surface area is 184 Å². The second-order valence-electron chi connectivity index (χ2n) is 7.44. The van der Waals surface area contributed by atoms with Crippen molar-refractivity contribution < 1.29 is 45.4 Å². The molecule has 33 heavy (non-hydrogen) atoms. The molecule has 1 saturated heterocycles. The van der Waals surface area contributed by atoms with Gasteiger partial charge < -0.3 is 14.3 Å². The highest BCUT2D eigenvalue weighted by Crippen LogP contribution is 2.36. The minimum Gasteiger partial charge on any atom is -0.486 e. The summed E-state index contributed by atoms with van der Waals surface area (Å²) < 4.78 is 88.5. The van der Waals surface area contributed by atoms with Gasteiger partial charge in [-0.15, -0.1) is 5.06 Å². The van der Waals surface area contributed by atoms with Crippen LogP contribution in [0.4, 0.5) is 31.1 Å². The van der Waals surface area contributed by atoms with Gasteiger partial charge in [0.05, 0.1) is 17.9 Å². The Hall–Kier alpha value is -3.03. The van der Waals surface area contributed by atoms with Gasteiger partial charge in [-0.3, -0.25) is 0 Å². The van der Waals surface area contributed by atoms with E-state index >= 15 is 0 Å². The maximum absolute atomic E-state index is 13.3. The average Bonchev–Trinajstić information content (AvgIpc) is 3.13. The van der Waals surface area contributed by atoms with Crippen molar-refractivity contribution in [1.82, 2.24) is 19.8 Å². The maximum Gasteiger partial charge on any atom is 0.438 e. The number of hydrogen-bond acceptors (Lipinski definition) is 7. The van der Waals surface area contributed by atoms with Crippen LogP contribution >= 0.6 is 0 Å². The lowest BCUT2D eigenvalue weighted by Crippen LogP contribution is -2.40. The molecular weight excluding hydrogens is 462 g/mol. The lowest BCUT2D eigenvalue weighted by Gasteiger charge is -2.31. The predicted molar refractivity (Wildman–Crippen MR) is 99.3 cm³/mol. The molecule has 0 radical (unpaired) electrons. The Morgan fingerprint density at radius 2 is 1.76 bits per heavy atom. The highest BCUT2D eigenvalue weighted by Gasteiger charge is 2.40. The van der Waals surface area contributed by atoms with Crippen LogP contribution in [-0.4, -0.2) is 51.2 Å². The molecule has 0 aromatic carbocycles. The third kappa shape index (κ3) is 6.49. The summed E-state index contributed by atoms with van der Waals surface area (Å²) in [5.74, 6) is -0.654. The molecule has 8 nitrogen and oxygen atoms in total. The molecule has 0 spiro atoms. The Morgan fingerprint density at radius 3 is 2.27 bits per heavy atom. The predicted octanol–water partition coefficient (Wildman–Crippen LogP) is 4.55. The fourth-order valence-corrected chi connectivity index (χ4v) is 2.94. The second-order valence-corrected chi connectivity index (χ2v) is 7.44. The number of alkyl halides is 6. The maximum atomic E-state index is 13.3. The van der Waals surface area contributed by atoms with Gasteiger partial charge in [0.25, 0.3) is 0 Å². The fraction of sp³-hybridized carbons (Fsp3) is 0.526. The summed E-state index contributed by atoms with van der Waals surface area (Å²) in [6, 6.07) is 1.91. The van der Waals surface area contributed by atoms with E-state index in [-0.39, 0.29) is 31.8 Å². The number of rotatable bonds is 5. The van der Waals surface area contributed by atoms with E-state index in [9.17, 15) is 31.1 Å². The van der Waals surface area contributed by atoms with Crippen molar-refractivity contribution in [3.05, 3.63) is 35.8 Å². The molecule has 2 aromatic heterocycles. The van der Waals surface area contributed by atoms with E-state index in [1.54, 1.807) is 13.8 Å². The SMILES string of the molecule is CC(C)OC(=O)n1cc(OC2CCN(Oc3ccc(C(F)(F)F)cn3)CC2)c(C(F)(F)F)n1. The Balaban J connectivity index is 1.60. The molecule has 1 aliphatic heterocycles. The van der Waals surface area contributed by atoms with Gasteiger partial charge in [0, 0.05) is 38.2 Å². The molecule has 0 aliphatic carbocycles. The van der Waals surface area contributed by atoms with Crippen LogP contribution in [0.15, 0.2) is 24.5 Å². The van der Waals surface area contributed by atoms with E-state index in [1.807, 2.05) is 0 Å². The van der Waals surface area contributed by atoms with Gasteiger partial charge >= 0.3 is 18.4 Å². The summed E-state index contributed by atoms with van der Waals surface area (Å²) in [6.45, 7) is 3.52. The molecule has 0 unspecified atom stereocenters. The van der Waals surface area contributed by atoms with Crippen molar-refractivity contribution in [2.75, 3.05) is 13.1 Å². The van der Waals surface area contributed by atoms with E-state index < -0.39 is 47.7 Å². The van der Waals surface area contributed by atoms with Crippen LogP contribution in [0, 0.1) is 0 Å². The molecule has 2 aromatic rings. The topological polar surface area (TPSA) is 78.7 Å². The van der Waals surface area contributed by atoms with E-state index in [0.29, 0.717) is 10.9 Å². The zero-order valence-corrected chi connectivity index (χ0v) is 17.5. The monoisotopic (exact) mass is 482 g/mol. The van der Waals surface area contributed by atoms with Crippen LogP contribution < -0.4 is 9.57 Å². The smallest absolute Gasteiger partial charge is 0.438 e. The van der Waals surface area contributed by atoms with Gasteiger partial charge in [-0.1, -0.05) is 0 Å². The number of hydroxylamine groups is 2. The Bertz CT molecular complexity index is 951. The van der Waals surface area contributed by atoms with Gasteiger partial charge in [0.2, 0.25) is 11.6 Å². The van der Waals surface area contributed by atoms with Crippen molar-refractivity contribution in [3.8, 4) is 11.6 Å². The zero-order chi connectivity index (χ0) is 24.4. The molecule has 182 valence electrons. The summed E-state index contributed by atoms with van der Waals surface area (Å²) in [6.07, 6.45) is -9.66. The normalized spacial score (nSPS) is 16.2. The third-order valence-electron chi connectivity index (χ3n) is 4.45. The lowest BCUT2D eigenvalue weighted by atomic mass is 10.1. The molecule has 0 bridgehead atoms. The van der Waals surface area contributed by atoms with Crippen LogP contribution in [0.5, 0.6) is 11.6 Å². The number of piperidine rings is 1. The fourth-order valence-electron chi connectivity index (χ4n) is 2.94. The van der Waals surface area contributed by atoms with E-state index in [0.717, 1.165) is 18.3 Å². The van der Waals surface area contributed by atoms with Crippen molar-refractivity contribution in [1.29, 1.82) is 0 Å². The van der Waals surface area contributed by atoms with Crippen molar-refractivity contribution >= 4 is 6.09 Å². The van der Waals surface area contributed by atoms with Crippen LogP contribution in [0.25, 0.3) is 0 Å². The van der Waals surface area contributed by atoms with Crippen molar-refractivity contribution in [2.24, 2.45) is 0 Å². The lowest BCUT2D eigenvalue weighted by molar-refractivity contribution is -0.144. The van der Waals surface area contributed by atoms with Gasteiger partial charge in [-0.25, -0.2) is 9.78 Å². The number of carbonyl (C=O) groups excluding carboxylic acids is 1. The number of aromatic nitrogens is 3. The molecule has 3 heterocycles. The molecule has 0 amide bonds. The molecule has 0 N–H and O–H groups in total. The summed E-state index contributed by atoms with van der Waals surface area (Å²) >= 11 is 0. The number of ether oxygens (including phenoxy) is 2. The van der Waals surface area contributed by atoms with Gasteiger partial charge in [-0.05, 0) is 19.9 Å². The Kier molecular flexibility index (Phi) is 7.05. The van der Waals surface area contributed by atoms with E-state index in [2.05, 4.69) is 10.1 Å². The van der Waals surface area contributed by atoms with Crippen LogP contribution in [0.1, 0.15) is 37.9 Å². The quantitative estimate of drug-likeness (QED) is 0.579. The first-order valence-corrected chi connectivity index (χ1v) is 9.83. The number of hydrogen-bond donors (Lipinski definition) is 0. The summed E-state index contributed by atoms with van der Waals surface area (Å²) in [5.41, 5.74) is -2.27. The molecule has 3 rings (SSSR count). The van der Waals surface area contributed by atoms with Crippen LogP contribution in [-0.2, 0) is 17.1 Å². The first kappa shape index (κ1) is 24.6. The first-order valence-electron chi connectivity index (χ1n) is 9.83. The number of nitrogens with zero attached hydrogens (tertiary/aromatic N) is 4. The highest BCUT2D eigenvalue weighted by molar-refractivity contribution is 5.70. The number of pyridine rings is 1. The Morgan fingerprint density at radius 1 is 1.09 bits per heavy atom. The molecule has 1 aliphatic rings. The molecular formula is C19H20F6N4O4.